The van der Waals surface area contributed by atoms with E-state index in [9.17, 15) is 19.2 Å². The first-order valence-electron chi connectivity index (χ1n) is 10.1. The van der Waals surface area contributed by atoms with E-state index >= 15 is 0 Å². The van der Waals surface area contributed by atoms with E-state index in [1.54, 1.807) is 60.7 Å². The summed E-state index contributed by atoms with van der Waals surface area (Å²) in [6.45, 7) is 1.47. The zero-order chi connectivity index (χ0) is 23.8. The summed E-state index contributed by atoms with van der Waals surface area (Å²) in [5, 5.41) is 2.84. The summed E-state index contributed by atoms with van der Waals surface area (Å²) in [7, 11) is 2.25. The zero-order valence-corrected chi connectivity index (χ0v) is 18.2. The lowest BCUT2D eigenvalue weighted by Crippen LogP contribution is -2.55. The fraction of sp³-hybridized carbons (Fsp3) is 0.208. The predicted octanol–water partition coefficient (Wildman–Crippen LogP) is 2.35. The van der Waals surface area contributed by atoms with Crippen LogP contribution in [-0.4, -0.2) is 47.4 Å². The topological polar surface area (TPSA) is 120 Å². The molecular formula is C24H21N3O6. The van der Waals surface area contributed by atoms with Gasteiger partial charge in [0, 0.05) is 11.5 Å². The molecule has 0 spiro atoms. The van der Waals surface area contributed by atoms with Crippen LogP contribution in [-0.2, 0) is 24.5 Å². The fourth-order valence-electron chi connectivity index (χ4n) is 4.25. The number of benzene rings is 2. The largest absolute Gasteiger partial charge is 0.468 e. The Morgan fingerprint density at radius 1 is 0.970 bits per heavy atom. The van der Waals surface area contributed by atoms with Gasteiger partial charge in [-0.15, -0.1) is 0 Å². The second-order valence-electron chi connectivity index (χ2n) is 7.52. The third-order valence-corrected chi connectivity index (χ3v) is 5.86. The molecule has 33 heavy (non-hydrogen) atoms. The van der Waals surface area contributed by atoms with Crippen molar-refractivity contribution in [3.05, 3.63) is 82.1 Å². The molecule has 9 nitrogen and oxygen atoms in total. The monoisotopic (exact) mass is 447 g/mol. The first-order valence-corrected chi connectivity index (χ1v) is 10.1. The summed E-state index contributed by atoms with van der Waals surface area (Å²) in [5.74, 6) is -3.58. The van der Waals surface area contributed by atoms with Gasteiger partial charge in [0.1, 0.15) is 0 Å². The van der Waals surface area contributed by atoms with Gasteiger partial charge < -0.3 is 9.47 Å². The molecule has 2 atom stereocenters. The molecule has 0 fully saturated rings. The SMILES string of the molecule is COC(=O)C1=Nc2[nH]n(-c3ccccc3)c(=O)c2C1(C(=O)OC)C(C)C(=O)c1ccccc1. The van der Waals surface area contributed by atoms with Crippen LogP contribution in [0.4, 0.5) is 5.82 Å². The summed E-state index contributed by atoms with van der Waals surface area (Å²) in [6, 6.07) is 16.9. The highest BCUT2D eigenvalue weighted by Gasteiger charge is 2.62. The third kappa shape index (κ3) is 3.20. The van der Waals surface area contributed by atoms with Crippen molar-refractivity contribution >= 4 is 29.3 Å². The maximum absolute atomic E-state index is 13.6. The second-order valence-corrected chi connectivity index (χ2v) is 7.52. The number of nitrogens with one attached hydrogen (secondary N) is 1. The predicted molar refractivity (Wildman–Crippen MR) is 119 cm³/mol. The number of carbonyl (C=O) groups is 3. The molecule has 9 heteroatoms. The molecule has 0 bridgehead atoms. The third-order valence-electron chi connectivity index (χ3n) is 5.86. The minimum atomic E-state index is -2.10. The van der Waals surface area contributed by atoms with E-state index < -0.39 is 34.6 Å². The van der Waals surface area contributed by atoms with E-state index in [-0.39, 0.29) is 17.1 Å². The number of fused-ring (bicyclic) bond motifs is 1. The number of aromatic nitrogens is 2. The van der Waals surface area contributed by atoms with Gasteiger partial charge in [-0.3, -0.25) is 19.5 Å². The molecule has 1 N–H and O–H groups in total. The Balaban J connectivity index is 2.01. The Bertz CT molecular complexity index is 1320. The Kier molecular flexibility index (Phi) is 5.55. The molecule has 0 radical (unpaired) electrons. The Morgan fingerprint density at radius 3 is 2.15 bits per heavy atom. The van der Waals surface area contributed by atoms with Crippen molar-refractivity contribution in [3.63, 3.8) is 0 Å². The lowest BCUT2D eigenvalue weighted by atomic mass is 9.66. The number of rotatable bonds is 6. The molecule has 0 saturated carbocycles. The number of aromatic amines is 1. The lowest BCUT2D eigenvalue weighted by molar-refractivity contribution is -0.147. The van der Waals surface area contributed by atoms with Crippen LogP contribution in [0, 0.1) is 5.92 Å². The number of aliphatic imine (C=N–C) groups is 1. The van der Waals surface area contributed by atoms with Gasteiger partial charge in [-0.2, -0.15) is 0 Å². The molecule has 0 saturated heterocycles. The van der Waals surface area contributed by atoms with Crippen molar-refractivity contribution < 1.29 is 23.9 Å². The van der Waals surface area contributed by atoms with Gasteiger partial charge in [0.25, 0.3) is 5.56 Å². The number of hydrogen-bond acceptors (Lipinski definition) is 7. The van der Waals surface area contributed by atoms with Crippen LogP contribution in [0.15, 0.2) is 70.5 Å². The molecule has 2 unspecified atom stereocenters. The summed E-state index contributed by atoms with van der Waals surface area (Å²) in [6.07, 6.45) is 0. The van der Waals surface area contributed by atoms with Crippen LogP contribution in [0.2, 0.25) is 0 Å². The molecule has 0 aliphatic carbocycles. The highest BCUT2D eigenvalue weighted by Crippen LogP contribution is 2.45. The fourth-order valence-corrected chi connectivity index (χ4v) is 4.25. The molecule has 168 valence electrons. The average molecular weight is 447 g/mol. The molecular weight excluding hydrogens is 426 g/mol. The molecule has 3 aromatic rings. The van der Waals surface area contributed by atoms with Crippen molar-refractivity contribution in [2.45, 2.75) is 12.3 Å². The number of esters is 2. The van der Waals surface area contributed by atoms with E-state index in [2.05, 4.69) is 10.1 Å². The van der Waals surface area contributed by atoms with Gasteiger partial charge in [0.05, 0.1) is 25.5 Å². The van der Waals surface area contributed by atoms with Gasteiger partial charge in [-0.25, -0.2) is 14.5 Å². The van der Waals surface area contributed by atoms with E-state index in [0.717, 1.165) is 14.2 Å². The van der Waals surface area contributed by atoms with E-state index in [1.165, 1.54) is 11.6 Å². The van der Waals surface area contributed by atoms with Crippen LogP contribution in [0.3, 0.4) is 0 Å². The first kappa shape index (κ1) is 21.9. The average Bonchev–Trinajstić information content (AvgIpc) is 3.38. The quantitative estimate of drug-likeness (QED) is 0.458. The number of hydrogen-bond donors (Lipinski definition) is 1. The summed E-state index contributed by atoms with van der Waals surface area (Å²) in [4.78, 5) is 57.5. The summed E-state index contributed by atoms with van der Waals surface area (Å²) < 4.78 is 11.1. The van der Waals surface area contributed by atoms with Gasteiger partial charge >= 0.3 is 11.9 Å². The van der Waals surface area contributed by atoms with Gasteiger partial charge in [-0.05, 0) is 12.1 Å². The van der Waals surface area contributed by atoms with E-state index in [4.69, 9.17) is 9.47 Å². The maximum Gasteiger partial charge on any atom is 0.354 e. The van der Waals surface area contributed by atoms with Crippen LogP contribution in [0.1, 0.15) is 22.8 Å². The van der Waals surface area contributed by atoms with Crippen molar-refractivity contribution in [2.24, 2.45) is 10.9 Å². The molecule has 2 heterocycles. The maximum atomic E-state index is 13.6. The minimum absolute atomic E-state index is 0.0117. The van der Waals surface area contributed by atoms with Gasteiger partial charge in [0.15, 0.2) is 22.7 Å². The number of nitrogens with zero attached hydrogens (tertiary/aromatic N) is 2. The normalized spacial score (nSPS) is 17.6. The van der Waals surface area contributed by atoms with E-state index in [1.807, 2.05) is 0 Å². The van der Waals surface area contributed by atoms with Crippen molar-refractivity contribution in [1.29, 1.82) is 0 Å². The smallest absolute Gasteiger partial charge is 0.354 e. The number of carbonyl (C=O) groups excluding carboxylic acids is 3. The Labute approximate surface area is 188 Å². The number of para-hydroxylation sites is 1. The number of Topliss-reactive ketones (excluding diaryl/α,β-unsaturated/α-hetero) is 1. The number of ether oxygens (including phenoxy) is 2. The Morgan fingerprint density at radius 2 is 1.58 bits per heavy atom. The molecule has 1 aliphatic heterocycles. The van der Waals surface area contributed by atoms with E-state index in [0.29, 0.717) is 11.3 Å². The zero-order valence-electron chi connectivity index (χ0n) is 18.2. The number of H-pyrrole nitrogens is 1. The highest BCUT2D eigenvalue weighted by atomic mass is 16.5. The highest BCUT2D eigenvalue weighted by molar-refractivity contribution is 6.47. The first-order chi connectivity index (χ1) is 15.9. The summed E-state index contributed by atoms with van der Waals surface area (Å²) >= 11 is 0. The van der Waals surface area contributed by atoms with Crippen molar-refractivity contribution in [3.8, 4) is 5.69 Å². The Hall–Kier alpha value is -4.27. The van der Waals surface area contributed by atoms with Crippen molar-refractivity contribution in [1.82, 2.24) is 9.78 Å². The number of ketones is 1. The second kappa shape index (κ2) is 8.34. The van der Waals surface area contributed by atoms with Gasteiger partial charge in [0.2, 0.25) is 0 Å². The number of methoxy groups -OCH3 is 2. The van der Waals surface area contributed by atoms with Gasteiger partial charge in [-0.1, -0.05) is 55.5 Å². The van der Waals surface area contributed by atoms with Crippen LogP contribution in [0.5, 0.6) is 0 Å². The molecule has 2 aromatic carbocycles. The standard InChI is InChI=1S/C24H21N3O6/c1-14(18(28)15-10-6-4-7-11-15)24(23(31)33-3)17-20(25-19(24)22(30)32-2)26-27(21(17)29)16-12-8-5-9-13-16/h4-14,26H,1-3H3. The lowest BCUT2D eigenvalue weighted by Gasteiger charge is -2.31. The van der Waals surface area contributed by atoms with Crippen LogP contribution in [0.25, 0.3) is 5.69 Å². The summed E-state index contributed by atoms with van der Waals surface area (Å²) in [5.41, 5.74) is -2.45. The molecule has 1 aromatic heterocycles. The molecule has 1 aliphatic rings. The minimum Gasteiger partial charge on any atom is -0.468 e. The molecule has 4 rings (SSSR count). The molecule has 0 amide bonds. The van der Waals surface area contributed by atoms with Crippen molar-refractivity contribution in [2.75, 3.05) is 14.2 Å². The van der Waals surface area contributed by atoms with Crippen LogP contribution >= 0.6 is 0 Å². The van der Waals surface area contributed by atoms with Crippen LogP contribution < -0.4 is 5.56 Å².